The first kappa shape index (κ1) is 9.88. The summed E-state index contributed by atoms with van der Waals surface area (Å²) in [6, 6.07) is 0.622. The molecule has 0 spiro atoms. The van der Waals surface area contributed by atoms with E-state index < -0.39 is 30.5 Å². The quantitative estimate of drug-likeness (QED) is 0.528. The highest BCUT2D eigenvalue weighted by molar-refractivity contribution is 6.33. The van der Waals surface area contributed by atoms with E-state index in [9.17, 15) is 13.2 Å². The fourth-order valence-corrected chi connectivity index (χ4v) is 0.708. The van der Waals surface area contributed by atoms with Crippen molar-refractivity contribution in [3.8, 4) is 5.75 Å². The van der Waals surface area contributed by atoms with Gasteiger partial charge >= 0.3 is 7.32 Å². The number of hydrogen-bond acceptors (Lipinski definition) is 3. The molecule has 3 nitrogen and oxygen atoms in total. The Balaban J connectivity index is 3.01. The van der Waals surface area contributed by atoms with Crippen molar-refractivity contribution in [2.24, 2.45) is 0 Å². The molecule has 0 aliphatic carbocycles. The number of halogens is 3. The van der Waals surface area contributed by atoms with E-state index in [1.165, 1.54) is 0 Å². The first-order valence-electron chi connectivity index (χ1n) is 3.18. The third kappa shape index (κ3) is 2.36. The lowest BCUT2D eigenvalue weighted by Crippen LogP contribution is -2.21. The molecule has 1 aromatic rings. The van der Waals surface area contributed by atoms with E-state index in [1.807, 2.05) is 0 Å². The van der Waals surface area contributed by atoms with Crippen LogP contribution < -0.4 is 4.65 Å². The Morgan fingerprint density at radius 2 is 1.54 bits per heavy atom. The normalized spacial score (nSPS) is 9.92. The minimum absolute atomic E-state index is 0.243. The molecule has 70 valence electrons. The third-order valence-corrected chi connectivity index (χ3v) is 1.21. The summed E-state index contributed by atoms with van der Waals surface area (Å²) in [5.41, 5.74) is 0. The fourth-order valence-electron chi connectivity index (χ4n) is 0.708. The summed E-state index contributed by atoms with van der Waals surface area (Å²) in [5, 5.41) is 16.5. The van der Waals surface area contributed by atoms with Gasteiger partial charge in [0.1, 0.15) is 5.75 Å². The lowest BCUT2D eigenvalue weighted by atomic mass is 10.2. The van der Waals surface area contributed by atoms with Crippen molar-refractivity contribution in [2.75, 3.05) is 0 Å². The molecule has 0 radical (unpaired) electrons. The monoisotopic (exact) mass is 192 g/mol. The Hall–Kier alpha value is -1.21. The molecule has 0 heterocycles. The van der Waals surface area contributed by atoms with Crippen molar-refractivity contribution in [2.45, 2.75) is 0 Å². The van der Waals surface area contributed by atoms with Gasteiger partial charge in [0.05, 0.1) is 0 Å². The Labute approximate surface area is 71.6 Å². The van der Waals surface area contributed by atoms with Crippen LogP contribution >= 0.6 is 0 Å². The van der Waals surface area contributed by atoms with E-state index in [1.54, 1.807) is 0 Å². The number of hydrogen-bond donors (Lipinski definition) is 2. The van der Waals surface area contributed by atoms with Crippen molar-refractivity contribution < 1.29 is 27.9 Å². The zero-order valence-corrected chi connectivity index (χ0v) is 6.17. The van der Waals surface area contributed by atoms with Gasteiger partial charge in [0.15, 0.2) is 17.5 Å². The molecule has 0 saturated heterocycles. The van der Waals surface area contributed by atoms with Gasteiger partial charge in [-0.2, -0.15) is 0 Å². The first-order chi connectivity index (χ1) is 6.00. The fraction of sp³-hybridized carbons (Fsp3) is 0. The second-order valence-electron chi connectivity index (χ2n) is 2.14. The van der Waals surface area contributed by atoms with Gasteiger partial charge in [-0.15, -0.1) is 0 Å². The van der Waals surface area contributed by atoms with Gasteiger partial charge in [-0.05, 0) is 0 Å². The van der Waals surface area contributed by atoms with Gasteiger partial charge in [0.2, 0.25) is 0 Å². The van der Waals surface area contributed by atoms with Gasteiger partial charge < -0.3 is 14.7 Å². The molecule has 0 atom stereocenters. The second-order valence-corrected chi connectivity index (χ2v) is 2.14. The molecule has 0 aromatic heterocycles. The molecule has 0 bridgehead atoms. The van der Waals surface area contributed by atoms with Crippen LogP contribution in [-0.2, 0) is 0 Å². The largest absolute Gasteiger partial charge is 0.707 e. The van der Waals surface area contributed by atoms with Gasteiger partial charge in [0.25, 0.3) is 0 Å². The lowest BCUT2D eigenvalue weighted by Gasteiger charge is -2.05. The van der Waals surface area contributed by atoms with Crippen LogP contribution in [0.4, 0.5) is 13.2 Å². The van der Waals surface area contributed by atoms with Crippen LogP contribution in [0.25, 0.3) is 0 Å². The highest BCUT2D eigenvalue weighted by Gasteiger charge is 2.17. The second kappa shape index (κ2) is 3.67. The van der Waals surface area contributed by atoms with Crippen molar-refractivity contribution in [3.05, 3.63) is 29.6 Å². The molecule has 7 heteroatoms. The van der Waals surface area contributed by atoms with Crippen LogP contribution in [0.1, 0.15) is 0 Å². The van der Waals surface area contributed by atoms with Crippen LogP contribution in [-0.4, -0.2) is 17.4 Å². The van der Waals surface area contributed by atoms with Crippen molar-refractivity contribution in [3.63, 3.8) is 0 Å². The zero-order valence-electron chi connectivity index (χ0n) is 6.17. The highest BCUT2D eigenvalue weighted by Crippen LogP contribution is 2.20. The summed E-state index contributed by atoms with van der Waals surface area (Å²) in [5.74, 6) is -4.70. The average molecular weight is 192 g/mol. The first-order valence-corrected chi connectivity index (χ1v) is 3.18. The number of rotatable bonds is 2. The third-order valence-electron chi connectivity index (χ3n) is 1.21. The minimum Gasteiger partial charge on any atom is -0.509 e. The Kier molecular flexibility index (Phi) is 2.79. The molecular weight excluding hydrogens is 188 g/mol. The van der Waals surface area contributed by atoms with Crippen molar-refractivity contribution in [1.29, 1.82) is 0 Å². The summed E-state index contributed by atoms with van der Waals surface area (Å²) in [6.07, 6.45) is 0. The predicted octanol–water partition coefficient (Wildman–Crippen LogP) is 0.452. The maximum Gasteiger partial charge on any atom is 0.707 e. The Morgan fingerprint density at radius 1 is 1.00 bits per heavy atom. The van der Waals surface area contributed by atoms with E-state index in [-0.39, 0.29) is 6.07 Å². The van der Waals surface area contributed by atoms with Gasteiger partial charge in [0, 0.05) is 12.1 Å². The molecule has 0 fully saturated rings. The van der Waals surface area contributed by atoms with Crippen molar-refractivity contribution >= 4 is 7.32 Å². The molecular formula is C6H4BF3O3. The smallest absolute Gasteiger partial charge is 0.509 e. The molecule has 0 aliphatic rings. The topological polar surface area (TPSA) is 49.7 Å². The van der Waals surface area contributed by atoms with Gasteiger partial charge in [-0.25, -0.2) is 13.2 Å². The molecule has 0 saturated carbocycles. The molecule has 1 rings (SSSR count). The highest BCUT2D eigenvalue weighted by atomic mass is 19.2. The van der Waals surface area contributed by atoms with Crippen LogP contribution in [0.2, 0.25) is 0 Å². The van der Waals surface area contributed by atoms with Gasteiger partial charge in [-0.1, -0.05) is 0 Å². The van der Waals surface area contributed by atoms with Crippen LogP contribution in [0.5, 0.6) is 5.75 Å². The summed E-state index contributed by atoms with van der Waals surface area (Å²) in [7, 11) is -2.28. The van der Waals surface area contributed by atoms with Crippen molar-refractivity contribution in [1.82, 2.24) is 0 Å². The molecule has 0 amide bonds. The molecule has 1 aromatic carbocycles. The molecule has 13 heavy (non-hydrogen) atoms. The standard InChI is InChI=1S/C6H4BF3O3/c8-3-1-5(10)6(2-4(3)9)13-7(11)12/h1-2,11-12H. The van der Waals surface area contributed by atoms with Crippen LogP contribution in [0.3, 0.4) is 0 Å². The summed E-state index contributed by atoms with van der Waals surface area (Å²) in [6.45, 7) is 0. The SMILES string of the molecule is OB(O)Oc1cc(F)c(F)cc1F. The van der Waals surface area contributed by atoms with Gasteiger partial charge in [-0.3, -0.25) is 0 Å². The van der Waals surface area contributed by atoms with E-state index in [0.29, 0.717) is 6.07 Å². The number of benzene rings is 1. The van der Waals surface area contributed by atoms with Crippen LogP contribution in [0.15, 0.2) is 12.1 Å². The zero-order chi connectivity index (χ0) is 10.0. The molecule has 0 aliphatic heterocycles. The molecule has 2 N–H and O–H groups in total. The van der Waals surface area contributed by atoms with E-state index in [4.69, 9.17) is 10.0 Å². The van der Waals surface area contributed by atoms with E-state index >= 15 is 0 Å². The Bertz CT molecular complexity index is 318. The lowest BCUT2D eigenvalue weighted by molar-refractivity contribution is 0.280. The summed E-state index contributed by atoms with van der Waals surface area (Å²) in [4.78, 5) is 0. The maximum absolute atomic E-state index is 12.6. The predicted molar refractivity (Wildman–Crippen MR) is 37.1 cm³/mol. The van der Waals surface area contributed by atoms with E-state index in [0.717, 1.165) is 0 Å². The summed E-state index contributed by atoms with van der Waals surface area (Å²) >= 11 is 0. The van der Waals surface area contributed by atoms with E-state index in [2.05, 4.69) is 4.65 Å². The average Bonchev–Trinajstić information content (AvgIpc) is 1.99. The minimum atomic E-state index is -2.28. The summed E-state index contributed by atoms with van der Waals surface area (Å²) < 4.78 is 41.4. The van der Waals surface area contributed by atoms with Crippen LogP contribution in [0, 0.1) is 17.5 Å². The Morgan fingerprint density at radius 3 is 2.08 bits per heavy atom. The molecule has 0 unspecified atom stereocenters. The maximum atomic E-state index is 12.6.